The Morgan fingerprint density at radius 2 is 2.09 bits per heavy atom. The molecule has 1 amide bonds. The highest BCUT2D eigenvalue weighted by Gasteiger charge is 2.23. The molecular formula is C8H16N2O. The van der Waals surface area contributed by atoms with Gasteiger partial charge in [-0.05, 0) is 20.8 Å². The molecule has 0 atom stereocenters. The van der Waals surface area contributed by atoms with Crippen LogP contribution in [0.5, 0.6) is 0 Å². The summed E-state index contributed by atoms with van der Waals surface area (Å²) in [7, 11) is 0. The van der Waals surface area contributed by atoms with Crippen LogP contribution in [0.25, 0.3) is 0 Å². The number of hydrogen-bond acceptors (Lipinski definition) is 2. The molecule has 0 saturated heterocycles. The molecule has 64 valence electrons. The Labute approximate surface area is 67.7 Å². The highest BCUT2D eigenvalue weighted by atomic mass is 16.1. The molecule has 0 aliphatic heterocycles. The summed E-state index contributed by atoms with van der Waals surface area (Å²) >= 11 is 0. The van der Waals surface area contributed by atoms with Gasteiger partial charge in [0.2, 0.25) is 5.91 Å². The van der Waals surface area contributed by atoms with Gasteiger partial charge in [0.1, 0.15) is 0 Å². The van der Waals surface area contributed by atoms with Gasteiger partial charge in [0, 0.05) is 6.54 Å². The summed E-state index contributed by atoms with van der Waals surface area (Å²) in [4.78, 5) is 10.8. The third-order valence-electron chi connectivity index (χ3n) is 1.45. The van der Waals surface area contributed by atoms with Gasteiger partial charge in [-0.3, -0.25) is 4.79 Å². The summed E-state index contributed by atoms with van der Waals surface area (Å²) in [5.74, 6) is -0.348. The van der Waals surface area contributed by atoms with Gasteiger partial charge in [0.05, 0.1) is 5.54 Å². The zero-order valence-electron chi connectivity index (χ0n) is 7.40. The fourth-order valence-corrected chi connectivity index (χ4v) is 0.459. The van der Waals surface area contributed by atoms with Crippen molar-refractivity contribution in [2.75, 3.05) is 6.54 Å². The Morgan fingerprint density at radius 1 is 1.64 bits per heavy atom. The topological polar surface area (TPSA) is 55.1 Å². The first-order chi connectivity index (χ1) is 4.86. The van der Waals surface area contributed by atoms with Crippen molar-refractivity contribution in [2.45, 2.75) is 26.3 Å². The van der Waals surface area contributed by atoms with E-state index in [4.69, 9.17) is 5.73 Å². The van der Waals surface area contributed by atoms with Crippen LogP contribution in [0.4, 0.5) is 0 Å². The fourth-order valence-electron chi connectivity index (χ4n) is 0.459. The van der Waals surface area contributed by atoms with Crippen molar-refractivity contribution in [1.29, 1.82) is 0 Å². The van der Waals surface area contributed by atoms with E-state index in [0.29, 0.717) is 6.54 Å². The normalized spacial score (nSPS) is 11.2. The molecule has 3 heteroatoms. The van der Waals surface area contributed by atoms with Crippen LogP contribution in [0.3, 0.4) is 0 Å². The zero-order valence-corrected chi connectivity index (χ0v) is 7.40. The average molecular weight is 156 g/mol. The average Bonchev–Trinajstić information content (AvgIpc) is 1.84. The summed E-state index contributed by atoms with van der Waals surface area (Å²) in [6.45, 7) is 9.71. The lowest BCUT2D eigenvalue weighted by atomic mass is 10.1. The molecule has 0 aromatic rings. The monoisotopic (exact) mass is 156 g/mol. The zero-order chi connectivity index (χ0) is 9.07. The van der Waals surface area contributed by atoms with Gasteiger partial charge >= 0.3 is 0 Å². The Kier molecular flexibility index (Phi) is 3.26. The number of rotatable bonds is 4. The third-order valence-corrected chi connectivity index (χ3v) is 1.45. The molecule has 0 aromatic carbocycles. The van der Waals surface area contributed by atoms with Crippen LogP contribution in [0.15, 0.2) is 12.2 Å². The molecular weight excluding hydrogens is 140 g/mol. The number of nitrogens with one attached hydrogen (secondary N) is 1. The Hall–Kier alpha value is -0.830. The molecule has 3 nitrogen and oxygen atoms in total. The van der Waals surface area contributed by atoms with Crippen molar-refractivity contribution in [3.63, 3.8) is 0 Å². The van der Waals surface area contributed by atoms with E-state index in [1.165, 1.54) is 0 Å². The number of hydrogen-bond donors (Lipinski definition) is 2. The Balaban J connectivity index is 3.92. The second-order valence-electron chi connectivity index (χ2n) is 3.30. The van der Waals surface area contributed by atoms with Crippen LogP contribution in [-0.2, 0) is 4.79 Å². The first-order valence-corrected chi connectivity index (χ1v) is 3.55. The lowest BCUT2D eigenvalue weighted by molar-refractivity contribution is -0.123. The van der Waals surface area contributed by atoms with Gasteiger partial charge in [0.25, 0.3) is 0 Å². The van der Waals surface area contributed by atoms with Crippen LogP contribution in [0, 0.1) is 0 Å². The van der Waals surface area contributed by atoms with Crippen LogP contribution in [0.2, 0.25) is 0 Å². The highest BCUT2D eigenvalue weighted by molar-refractivity contribution is 5.83. The molecule has 0 spiro atoms. The van der Waals surface area contributed by atoms with Gasteiger partial charge in [-0.15, -0.1) is 0 Å². The van der Waals surface area contributed by atoms with E-state index < -0.39 is 5.54 Å². The lowest BCUT2D eigenvalue weighted by Crippen LogP contribution is -2.50. The Bertz CT molecular complexity index is 173. The molecule has 0 aliphatic rings. The van der Waals surface area contributed by atoms with E-state index in [1.54, 1.807) is 13.8 Å². The molecule has 11 heavy (non-hydrogen) atoms. The first kappa shape index (κ1) is 10.2. The van der Waals surface area contributed by atoms with E-state index in [9.17, 15) is 4.79 Å². The Morgan fingerprint density at radius 3 is 2.36 bits per heavy atom. The first-order valence-electron chi connectivity index (χ1n) is 3.55. The summed E-state index contributed by atoms with van der Waals surface area (Å²) < 4.78 is 0. The number of carbonyl (C=O) groups is 1. The minimum absolute atomic E-state index is 0.348. The maximum absolute atomic E-state index is 10.8. The second kappa shape index (κ2) is 3.53. The molecule has 0 radical (unpaired) electrons. The molecule has 0 aliphatic carbocycles. The molecule has 0 rings (SSSR count). The van der Waals surface area contributed by atoms with Crippen LogP contribution >= 0.6 is 0 Å². The SMILES string of the molecule is C=C(C)CNC(C)(C)C(N)=O. The second-order valence-corrected chi connectivity index (χ2v) is 3.30. The minimum Gasteiger partial charge on any atom is -0.368 e. The van der Waals surface area contributed by atoms with E-state index in [-0.39, 0.29) is 5.91 Å². The fraction of sp³-hybridized carbons (Fsp3) is 0.625. The smallest absolute Gasteiger partial charge is 0.237 e. The molecule has 0 fully saturated rings. The summed E-state index contributed by atoms with van der Waals surface area (Å²) in [6, 6.07) is 0. The van der Waals surface area contributed by atoms with Gasteiger partial charge in [-0.1, -0.05) is 12.2 Å². The van der Waals surface area contributed by atoms with Crippen LogP contribution in [0.1, 0.15) is 20.8 Å². The van der Waals surface area contributed by atoms with Gasteiger partial charge < -0.3 is 11.1 Å². The van der Waals surface area contributed by atoms with E-state index >= 15 is 0 Å². The number of primary amides is 1. The maximum atomic E-state index is 10.8. The van der Waals surface area contributed by atoms with E-state index in [1.807, 2.05) is 6.92 Å². The van der Waals surface area contributed by atoms with Gasteiger partial charge in [-0.2, -0.15) is 0 Å². The van der Waals surface area contributed by atoms with Crippen molar-refractivity contribution >= 4 is 5.91 Å². The van der Waals surface area contributed by atoms with Crippen molar-refractivity contribution in [3.8, 4) is 0 Å². The highest BCUT2D eigenvalue weighted by Crippen LogP contribution is 2.00. The van der Waals surface area contributed by atoms with Crippen LogP contribution < -0.4 is 11.1 Å². The van der Waals surface area contributed by atoms with Crippen molar-refractivity contribution < 1.29 is 4.79 Å². The van der Waals surface area contributed by atoms with E-state index in [0.717, 1.165) is 5.57 Å². The molecule has 0 aromatic heterocycles. The lowest BCUT2D eigenvalue weighted by Gasteiger charge is -2.22. The third kappa shape index (κ3) is 3.78. The summed E-state index contributed by atoms with van der Waals surface area (Å²) in [5.41, 5.74) is 5.47. The van der Waals surface area contributed by atoms with Gasteiger partial charge in [0.15, 0.2) is 0 Å². The predicted octanol–water partition coefficient (Wildman–Crippen LogP) is 0.416. The molecule has 0 unspecified atom stereocenters. The van der Waals surface area contributed by atoms with Crippen molar-refractivity contribution in [2.24, 2.45) is 5.73 Å². The number of amides is 1. The molecule has 0 bridgehead atoms. The standard InChI is InChI=1S/C8H16N2O/c1-6(2)5-10-8(3,4)7(9)11/h10H,1,5H2,2-4H3,(H2,9,11). The summed E-state index contributed by atoms with van der Waals surface area (Å²) in [5, 5.41) is 2.98. The van der Waals surface area contributed by atoms with E-state index in [2.05, 4.69) is 11.9 Å². The maximum Gasteiger partial charge on any atom is 0.237 e. The number of nitrogens with two attached hydrogens (primary N) is 1. The van der Waals surface area contributed by atoms with Crippen LogP contribution in [-0.4, -0.2) is 18.0 Å². The van der Waals surface area contributed by atoms with Crippen molar-refractivity contribution in [1.82, 2.24) is 5.32 Å². The number of carbonyl (C=O) groups excluding carboxylic acids is 1. The minimum atomic E-state index is -0.640. The van der Waals surface area contributed by atoms with Crippen molar-refractivity contribution in [3.05, 3.63) is 12.2 Å². The molecule has 0 heterocycles. The predicted molar refractivity (Wildman–Crippen MR) is 46.1 cm³/mol. The molecule has 3 N–H and O–H groups in total. The molecule has 0 saturated carbocycles. The quantitative estimate of drug-likeness (QED) is 0.579. The largest absolute Gasteiger partial charge is 0.368 e. The van der Waals surface area contributed by atoms with Gasteiger partial charge in [-0.25, -0.2) is 0 Å². The summed E-state index contributed by atoms with van der Waals surface area (Å²) in [6.07, 6.45) is 0.